The predicted octanol–water partition coefficient (Wildman–Crippen LogP) is 2.16. The molecule has 3 heteroatoms. The molecule has 1 nitrogen and oxygen atoms in total. The number of hydrogen-bond donors (Lipinski definition) is 2. The van der Waals surface area contributed by atoms with Crippen molar-refractivity contribution < 1.29 is 4.39 Å². The lowest BCUT2D eigenvalue weighted by Crippen LogP contribution is -1.92. The van der Waals surface area contributed by atoms with E-state index >= 15 is 0 Å². The quantitative estimate of drug-likeness (QED) is 0.595. The molecule has 0 fully saturated rings. The Balaban J connectivity index is 3.17. The van der Waals surface area contributed by atoms with E-state index in [1.807, 2.05) is 0 Å². The monoisotopic (exact) mass is 157 g/mol. The van der Waals surface area contributed by atoms with Crippen molar-refractivity contribution in [1.29, 1.82) is 0 Å². The summed E-state index contributed by atoms with van der Waals surface area (Å²) in [6.07, 6.45) is 0. The van der Waals surface area contributed by atoms with Crippen molar-refractivity contribution in [1.82, 2.24) is 0 Å². The molecule has 0 saturated carbocycles. The highest BCUT2D eigenvalue weighted by molar-refractivity contribution is 7.80. The molecule has 0 aliphatic heterocycles. The van der Waals surface area contributed by atoms with Crippen LogP contribution in [0.2, 0.25) is 0 Å². The third-order valence-electron chi connectivity index (χ3n) is 1.24. The zero-order valence-corrected chi connectivity index (χ0v) is 6.45. The van der Waals surface area contributed by atoms with Gasteiger partial charge in [0.2, 0.25) is 0 Å². The van der Waals surface area contributed by atoms with Crippen LogP contribution in [0.5, 0.6) is 0 Å². The fraction of sp³-hybridized carbons (Fsp3) is 0.143. The fourth-order valence-corrected chi connectivity index (χ4v) is 1.06. The first-order chi connectivity index (χ1) is 4.75. The largest absolute Gasteiger partial charge is 0.385 e. The number of benzene rings is 1. The third kappa shape index (κ3) is 1.24. The summed E-state index contributed by atoms with van der Waals surface area (Å²) < 4.78 is 12.7. The summed E-state index contributed by atoms with van der Waals surface area (Å²) >= 11 is 4.05. The zero-order chi connectivity index (χ0) is 7.56. The van der Waals surface area contributed by atoms with Gasteiger partial charge in [-0.15, -0.1) is 12.6 Å². The Morgan fingerprint density at radius 3 is 2.60 bits per heavy atom. The molecule has 0 radical (unpaired) electrons. The molecule has 1 aromatic carbocycles. The molecule has 0 heterocycles. The van der Waals surface area contributed by atoms with Crippen molar-refractivity contribution in [3.8, 4) is 0 Å². The normalized spacial score (nSPS) is 9.50. The molecule has 0 spiro atoms. The number of nitrogens with one attached hydrogen (secondary N) is 1. The molecule has 10 heavy (non-hydrogen) atoms. The summed E-state index contributed by atoms with van der Waals surface area (Å²) in [7, 11) is 1.66. The van der Waals surface area contributed by atoms with Crippen LogP contribution >= 0.6 is 12.6 Å². The van der Waals surface area contributed by atoms with Crippen molar-refractivity contribution >= 4 is 18.3 Å². The van der Waals surface area contributed by atoms with Crippen molar-refractivity contribution in [3.05, 3.63) is 24.0 Å². The Bertz CT molecular complexity index is 217. The standard InChI is InChI=1S/C7H8FNS/c1-9-7-5(8)3-2-4-6(7)10/h2-4,9-10H,1H3. The van der Waals surface area contributed by atoms with Gasteiger partial charge in [-0.25, -0.2) is 4.39 Å². The first kappa shape index (κ1) is 7.41. The number of para-hydroxylation sites is 1. The van der Waals surface area contributed by atoms with Gasteiger partial charge in [0.15, 0.2) is 0 Å². The van der Waals surface area contributed by atoms with Crippen LogP contribution in [0.15, 0.2) is 23.1 Å². The maximum absolute atomic E-state index is 12.7. The molecule has 1 N–H and O–H groups in total. The summed E-state index contributed by atoms with van der Waals surface area (Å²) in [5, 5.41) is 2.71. The first-order valence-electron chi connectivity index (χ1n) is 2.91. The molecule has 0 amide bonds. The molecule has 54 valence electrons. The van der Waals surface area contributed by atoms with Gasteiger partial charge in [0.25, 0.3) is 0 Å². The topological polar surface area (TPSA) is 12.0 Å². The molecule has 1 aromatic rings. The average Bonchev–Trinajstić information content (AvgIpc) is 1.88. The Kier molecular flexibility index (Phi) is 2.17. The molecule has 1 rings (SSSR count). The van der Waals surface area contributed by atoms with Crippen LogP contribution in [-0.2, 0) is 0 Å². The van der Waals surface area contributed by atoms with E-state index in [4.69, 9.17) is 0 Å². The summed E-state index contributed by atoms with van der Waals surface area (Å²) in [6, 6.07) is 4.75. The maximum atomic E-state index is 12.7. The zero-order valence-electron chi connectivity index (χ0n) is 5.56. The van der Waals surface area contributed by atoms with E-state index < -0.39 is 0 Å². The van der Waals surface area contributed by atoms with Crippen molar-refractivity contribution in [2.45, 2.75) is 4.90 Å². The highest BCUT2D eigenvalue weighted by Crippen LogP contribution is 2.21. The van der Waals surface area contributed by atoms with Crippen LogP contribution in [0.3, 0.4) is 0 Å². The van der Waals surface area contributed by atoms with E-state index in [-0.39, 0.29) is 5.82 Å². The lowest BCUT2D eigenvalue weighted by molar-refractivity contribution is 0.628. The van der Waals surface area contributed by atoms with Crippen LogP contribution in [0.4, 0.5) is 10.1 Å². The second-order valence-electron chi connectivity index (χ2n) is 1.88. The molecule has 0 aromatic heterocycles. The number of anilines is 1. The SMILES string of the molecule is CNc1c(F)cccc1S. The second kappa shape index (κ2) is 2.92. The van der Waals surface area contributed by atoms with Crippen molar-refractivity contribution in [2.24, 2.45) is 0 Å². The van der Waals surface area contributed by atoms with E-state index in [0.717, 1.165) is 0 Å². The number of rotatable bonds is 1. The Morgan fingerprint density at radius 1 is 1.50 bits per heavy atom. The van der Waals surface area contributed by atoms with Gasteiger partial charge in [-0.1, -0.05) is 6.07 Å². The number of hydrogen-bond acceptors (Lipinski definition) is 2. The van der Waals surface area contributed by atoms with E-state index in [1.54, 1.807) is 19.2 Å². The maximum Gasteiger partial charge on any atom is 0.147 e. The summed E-state index contributed by atoms with van der Waals surface area (Å²) in [4.78, 5) is 0.627. The van der Waals surface area contributed by atoms with Crippen LogP contribution in [0.25, 0.3) is 0 Å². The van der Waals surface area contributed by atoms with E-state index in [9.17, 15) is 4.39 Å². The Morgan fingerprint density at radius 2 is 2.20 bits per heavy atom. The van der Waals surface area contributed by atoms with E-state index in [1.165, 1.54) is 6.07 Å². The lowest BCUT2D eigenvalue weighted by atomic mass is 10.3. The molecular formula is C7H8FNS. The minimum Gasteiger partial charge on any atom is -0.385 e. The van der Waals surface area contributed by atoms with Gasteiger partial charge >= 0.3 is 0 Å². The van der Waals surface area contributed by atoms with Gasteiger partial charge < -0.3 is 5.32 Å². The minimum absolute atomic E-state index is 0.269. The third-order valence-corrected chi connectivity index (χ3v) is 1.61. The molecule has 0 unspecified atom stereocenters. The van der Waals surface area contributed by atoms with Crippen LogP contribution < -0.4 is 5.32 Å². The molecule has 0 aliphatic carbocycles. The predicted molar refractivity (Wildman–Crippen MR) is 43.2 cm³/mol. The smallest absolute Gasteiger partial charge is 0.147 e. The van der Waals surface area contributed by atoms with E-state index in [0.29, 0.717) is 10.6 Å². The van der Waals surface area contributed by atoms with Crippen molar-refractivity contribution in [2.75, 3.05) is 12.4 Å². The summed E-state index contributed by atoms with van der Waals surface area (Å²) in [6.45, 7) is 0. The van der Waals surface area contributed by atoms with Crippen molar-refractivity contribution in [3.63, 3.8) is 0 Å². The lowest BCUT2D eigenvalue weighted by Gasteiger charge is -2.03. The number of halogens is 1. The van der Waals surface area contributed by atoms with E-state index in [2.05, 4.69) is 17.9 Å². The Labute approximate surface area is 64.7 Å². The highest BCUT2D eigenvalue weighted by Gasteiger charge is 2.00. The Hall–Kier alpha value is -0.700. The highest BCUT2D eigenvalue weighted by atomic mass is 32.1. The first-order valence-corrected chi connectivity index (χ1v) is 3.35. The average molecular weight is 157 g/mol. The van der Waals surface area contributed by atoms with Crippen LogP contribution in [0, 0.1) is 5.82 Å². The number of thiol groups is 1. The van der Waals surface area contributed by atoms with Gasteiger partial charge in [0.1, 0.15) is 5.82 Å². The van der Waals surface area contributed by atoms with Gasteiger partial charge in [-0.3, -0.25) is 0 Å². The summed E-state index contributed by atoms with van der Waals surface area (Å²) in [5.74, 6) is -0.269. The molecule has 0 atom stereocenters. The fourth-order valence-electron chi connectivity index (χ4n) is 0.760. The van der Waals surface area contributed by atoms with Gasteiger partial charge in [0.05, 0.1) is 5.69 Å². The molecule has 0 saturated heterocycles. The van der Waals surface area contributed by atoms with Gasteiger partial charge in [0, 0.05) is 11.9 Å². The van der Waals surface area contributed by atoms with Gasteiger partial charge in [-0.2, -0.15) is 0 Å². The molecular weight excluding hydrogens is 149 g/mol. The summed E-state index contributed by atoms with van der Waals surface area (Å²) in [5.41, 5.74) is 0.450. The van der Waals surface area contributed by atoms with Gasteiger partial charge in [-0.05, 0) is 12.1 Å². The molecule has 0 aliphatic rings. The van der Waals surface area contributed by atoms with Crippen LogP contribution in [-0.4, -0.2) is 7.05 Å². The van der Waals surface area contributed by atoms with Crippen LogP contribution in [0.1, 0.15) is 0 Å². The minimum atomic E-state index is -0.269. The molecule has 0 bridgehead atoms. The second-order valence-corrected chi connectivity index (χ2v) is 2.37.